The summed E-state index contributed by atoms with van der Waals surface area (Å²) in [6, 6.07) is 8.08. The lowest BCUT2D eigenvalue weighted by atomic mass is 10.1. The zero-order valence-corrected chi connectivity index (χ0v) is 13.4. The Labute approximate surface area is 126 Å². The average Bonchev–Trinajstić information content (AvgIpc) is 2.92. The van der Waals surface area contributed by atoms with E-state index in [0.717, 1.165) is 36.8 Å². The van der Waals surface area contributed by atoms with Crippen molar-refractivity contribution in [1.82, 2.24) is 9.88 Å². The van der Waals surface area contributed by atoms with Crippen LogP contribution >= 0.6 is 0 Å². The average molecular weight is 306 g/mol. The van der Waals surface area contributed by atoms with Gasteiger partial charge in [0.15, 0.2) is 9.84 Å². The molecule has 0 unspecified atom stereocenters. The molecule has 3 rings (SSSR count). The molecule has 0 saturated carbocycles. The number of likely N-dealkylation sites (tertiary alicyclic amines) is 1. The Bertz CT molecular complexity index is 726. The number of fused-ring (bicyclic) bond motifs is 1. The topological polar surface area (TPSA) is 53.2 Å². The van der Waals surface area contributed by atoms with Crippen molar-refractivity contribution in [2.24, 2.45) is 0 Å². The van der Waals surface area contributed by atoms with Crippen molar-refractivity contribution in [2.45, 2.75) is 42.9 Å². The van der Waals surface area contributed by atoms with Gasteiger partial charge in [0.05, 0.1) is 10.1 Å². The third-order valence-electron chi connectivity index (χ3n) is 4.50. The summed E-state index contributed by atoms with van der Waals surface area (Å²) in [4.78, 5) is 5.88. The van der Waals surface area contributed by atoms with Crippen LogP contribution in [0.5, 0.6) is 0 Å². The van der Waals surface area contributed by atoms with Crippen molar-refractivity contribution >= 4 is 20.7 Å². The van der Waals surface area contributed by atoms with E-state index >= 15 is 0 Å². The van der Waals surface area contributed by atoms with Gasteiger partial charge in [0.25, 0.3) is 0 Å². The second kappa shape index (κ2) is 5.46. The first-order valence-electron chi connectivity index (χ1n) is 7.54. The first kappa shape index (κ1) is 14.6. The Balaban J connectivity index is 1.88. The Morgan fingerprint density at radius 1 is 1.19 bits per heavy atom. The van der Waals surface area contributed by atoms with Gasteiger partial charge in [0.1, 0.15) is 0 Å². The molecule has 2 heterocycles. The number of para-hydroxylation sites is 1. The number of piperidine rings is 1. The van der Waals surface area contributed by atoms with Gasteiger partial charge < -0.3 is 9.88 Å². The molecule has 4 nitrogen and oxygen atoms in total. The number of hydrogen-bond donors (Lipinski definition) is 1. The summed E-state index contributed by atoms with van der Waals surface area (Å²) in [5.74, 6) is 0. The number of nitrogens with zero attached hydrogens (tertiary/aromatic N) is 1. The monoisotopic (exact) mass is 306 g/mol. The fourth-order valence-electron chi connectivity index (χ4n) is 3.16. The minimum Gasteiger partial charge on any atom is -0.360 e. The predicted molar refractivity (Wildman–Crippen MR) is 85.2 cm³/mol. The molecule has 0 aliphatic carbocycles. The second-order valence-corrected chi connectivity index (χ2v) is 8.27. The van der Waals surface area contributed by atoms with E-state index in [-0.39, 0.29) is 5.25 Å². The molecule has 2 aromatic rings. The zero-order chi connectivity index (χ0) is 15.0. The molecular weight excluding hydrogens is 284 g/mol. The summed E-state index contributed by atoms with van der Waals surface area (Å²) >= 11 is 0. The molecule has 0 spiro atoms. The molecule has 1 aliphatic heterocycles. The van der Waals surface area contributed by atoms with Crippen LogP contribution < -0.4 is 0 Å². The lowest BCUT2D eigenvalue weighted by Crippen LogP contribution is -2.42. The third-order valence-corrected chi connectivity index (χ3v) is 6.80. The molecular formula is C16H22N2O2S. The first-order chi connectivity index (χ1) is 10.00. The lowest BCUT2D eigenvalue weighted by molar-refractivity contribution is 0.186. The number of nitrogens with one attached hydrogen (secondary N) is 1. The van der Waals surface area contributed by atoms with E-state index in [1.54, 1.807) is 6.20 Å². The van der Waals surface area contributed by atoms with Gasteiger partial charge in [-0.3, -0.25) is 0 Å². The van der Waals surface area contributed by atoms with E-state index in [1.165, 1.54) is 0 Å². The number of rotatable bonds is 3. The number of aromatic amines is 1. The number of sulfone groups is 1. The molecule has 0 amide bonds. The van der Waals surface area contributed by atoms with Gasteiger partial charge in [-0.05, 0) is 45.8 Å². The van der Waals surface area contributed by atoms with E-state index in [0.29, 0.717) is 10.9 Å². The fourth-order valence-corrected chi connectivity index (χ4v) is 5.06. The number of H-pyrrole nitrogens is 1. The molecule has 1 aromatic carbocycles. The third kappa shape index (κ3) is 2.60. The number of benzene rings is 1. The highest BCUT2D eigenvalue weighted by molar-refractivity contribution is 7.92. The van der Waals surface area contributed by atoms with Crippen molar-refractivity contribution in [2.75, 3.05) is 13.1 Å². The Morgan fingerprint density at radius 3 is 2.52 bits per heavy atom. The summed E-state index contributed by atoms with van der Waals surface area (Å²) < 4.78 is 25.8. The normalized spacial score (nSPS) is 18.6. The van der Waals surface area contributed by atoms with E-state index in [2.05, 4.69) is 23.7 Å². The van der Waals surface area contributed by atoms with E-state index in [9.17, 15) is 8.42 Å². The van der Waals surface area contributed by atoms with Crippen LogP contribution in [0.15, 0.2) is 35.4 Å². The number of aromatic nitrogens is 1. The maximum absolute atomic E-state index is 12.9. The minimum atomic E-state index is -3.25. The van der Waals surface area contributed by atoms with Gasteiger partial charge >= 0.3 is 0 Å². The Morgan fingerprint density at radius 2 is 1.86 bits per heavy atom. The van der Waals surface area contributed by atoms with Gasteiger partial charge in [0.2, 0.25) is 0 Å². The molecule has 1 aliphatic rings. The summed E-state index contributed by atoms with van der Waals surface area (Å²) in [6.07, 6.45) is 3.09. The van der Waals surface area contributed by atoms with Gasteiger partial charge in [0, 0.05) is 23.1 Å². The molecule has 114 valence electrons. The molecule has 0 radical (unpaired) electrons. The lowest BCUT2D eigenvalue weighted by Gasteiger charge is -2.34. The molecule has 21 heavy (non-hydrogen) atoms. The van der Waals surface area contributed by atoms with E-state index in [1.807, 2.05) is 24.3 Å². The Kier molecular flexibility index (Phi) is 3.80. The van der Waals surface area contributed by atoms with Gasteiger partial charge in [-0.2, -0.15) is 0 Å². The van der Waals surface area contributed by atoms with Crippen molar-refractivity contribution < 1.29 is 8.42 Å². The van der Waals surface area contributed by atoms with Crippen LogP contribution in [0.1, 0.15) is 26.7 Å². The first-order valence-corrected chi connectivity index (χ1v) is 9.09. The molecule has 0 bridgehead atoms. The molecule has 1 aromatic heterocycles. The molecule has 0 atom stereocenters. The maximum Gasteiger partial charge on any atom is 0.183 e. The van der Waals surface area contributed by atoms with Gasteiger partial charge in [-0.25, -0.2) is 8.42 Å². The van der Waals surface area contributed by atoms with Crippen LogP contribution in [0, 0.1) is 0 Å². The fraction of sp³-hybridized carbons (Fsp3) is 0.500. The zero-order valence-electron chi connectivity index (χ0n) is 12.5. The number of hydrogen-bond acceptors (Lipinski definition) is 3. The smallest absolute Gasteiger partial charge is 0.183 e. The highest BCUT2D eigenvalue weighted by Gasteiger charge is 2.33. The molecule has 1 N–H and O–H groups in total. The van der Waals surface area contributed by atoms with Gasteiger partial charge in [-0.1, -0.05) is 18.2 Å². The quantitative estimate of drug-likeness (QED) is 0.948. The van der Waals surface area contributed by atoms with Gasteiger partial charge in [-0.15, -0.1) is 0 Å². The standard InChI is InChI=1S/C16H22N2O2S/c1-12(2)18-9-7-13(8-10-18)21(19,20)16-11-17-15-6-4-3-5-14(15)16/h3-6,11-13,17H,7-10H2,1-2H3. The van der Waals surface area contributed by atoms with Crippen LogP contribution in [0.4, 0.5) is 0 Å². The SMILES string of the molecule is CC(C)N1CCC(S(=O)(=O)c2c[nH]c3ccccc23)CC1. The highest BCUT2D eigenvalue weighted by Crippen LogP contribution is 2.30. The molecule has 1 fully saturated rings. The highest BCUT2D eigenvalue weighted by atomic mass is 32.2. The van der Waals surface area contributed by atoms with Crippen LogP contribution in [-0.4, -0.2) is 42.7 Å². The second-order valence-electron chi connectivity index (χ2n) is 6.07. The summed E-state index contributed by atoms with van der Waals surface area (Å²) in [5.41, 5.74) is 0.885. The predicted octanol–water partition coefficient (Wildman–Crippen LogP) is 2.81. The maximum atomic E-state index is 12.9. The molecule has 1 saturated heterocycles. The van der Waals surface area contributed by atoms with Crippen LogP contribution in [0.2, 0.25) is 0 Å². The van der Waals surface area contributed by atoms with Crippen LogP contribution in [-0.2, 0) is 9.84 Å². The summed E-state index contributed by atoms with van der Waals surface area (Å²) in [6.45, 7) is 6.05. The van der Waals surface area contributed by atoms with E-state index < -0.39 is 9.84 Å². The Hall–Kier alpha value is -1.33. The van der Waals surface area contributed by atoms with Crippen molar-refractivity contribution in [3.63, 3.8) is 0 Å². The van der Waals surface area contributed by atoms with E-state index in [4.69, 9.17) is 0 Å². The van der Waals surface area contributed by atoms with Crippen LogP contribution in [0.3, 0.4) is 0 Å². The summed E-state index contributed by atoms with van der Waals surface area (Å²) in [7, 11) is -3.25. The van der Waals surface area contributed by atoms with Crippen LogP contribution in [0.25, 0.3) is 10.9 Å². The van der Waals surface area contributed by atoms with Crippen molar-refractivity contribution in [1.29, 1.82) is 0 Å². The minimum absolute atomic E-state index is 0.258. The molecule has 5 heteroatoms. The largest absolute Gasteiger partial charge is 0.360 e. The van der Waals surface area contributed by atoms with Crippen molar-refractivity contribution in [3.05, 3.63) is 30.5 Å². The van der Waals surface area contributed by atoms with Crippen molar-refractivity contribution in [3.8, 4) is 0 Å². The summed E-state index contributed by atoms with van der Waals surface area (Å²) in [5, 5.41) is 0.551.